The third-order valence-corrected chi connectivity index (χ3v) is 6.09. The number of benzene rings is 2. The SMILES string of the molecule is CCOC(=O)C1(CCc2ccccc2)CCN(C(=O)Nc2ccc(OC)c(OC)c2)CC1. The number of piperidine rings is 1. The first-order valence-corrected chi connectivity index (χ1v) is 11.0. The van der Waals surface area contributed by atoms with Gasteiger partial charge in [-0.3, -0.25) is 4.79 Å². The molecule has 0 atom stereocenters. The lowest BCUT2D eigenvalue weighted by atomic mass is 9.74. The fourth-order valence-corrected chi connectivity index (χ4v) is 4.12. The number of anilines is 1. The van der Waals surface area contributed by atoms with Crippen LogP contribution in [-0.2, 0) is 16.0 Å². The molecular formula is C25H32N2O5. The molecule has 7 nitrogen and oxygen atoms in total. The van der Waals surface area contributed by atoms with E-state index in [0.29, 0.717) is 56.1 Å². The number of nitrogens with one attached hydrogen (secondary N) is 1. The molecule has 2 aromatic rings. The zero-order chi connectivity index (χ0) is 23.0. The predicted molar refractivity (Wildman–Crippen MR) is 123 cm³/mol. The summed E-state index contributed by atoms with van der Waals surface area (Å²) in [4.78, 5) is 27.5. The van der Waals surface area contributed by atoms with Gasteiger partial charge >= 0.3 is 12.0 Å². The van der Waals surface area contributed by atoms with Crippen molar-refractivity contribution < 1.29 is 23.8 Å². The van der Waals surface area contributed by atoms with Crippen molar-refractivity contribution in [2.24, 2.45) is 5.41 Å². The number of methoxy groups -OCH3 is 2. The smallest absolute Gasteiger partial charge is 0.321 e. The van der Waals surface area contributed by atoms with E-state index < -0.39 is 5.41 Å². The van der Waals surface area contributed by atoms with E-state index in [1.807, 2.05) is 25.1 Å². The summed E-state index contributed by atoms with van der Waals surface area (Å²) in [5.74, 6) is 0.989. The highest BCUT2D eigenvalue weighted by molar-refractivity contribution is 5.90. The Balaban J connectivity index is 1.64. The van der Waals surface area contributed by atoms with Crippen LogP contribution >= 0.6 is 0 Å². The van der Waals surface area contributed by atoms with Gasteiger partial charge in [0.15, 0.2) is 11.5 Å². The third kappa shape index (κ3) is 5.52. The Hall–Kier alpha value is -3.22. The molecule has 1 N–H and O–H groups in total. The van der Waals surface area contributed by atoms with Crippen molar-refractivity contribution in [3.05, 3.63) is 54.1 Å². The lowest BCUT2D eigenvalue weighted by Gasteiger charge is -2.40. The summed E-state index contributed by atoms with van der Waals surface area (Å²) in [6.45, 7) is 3.17. The number of likely N-dealkylation sites (tertiary alicyclic amines) is 1. The molecule has 0 radical (unpaired) electrons. The van der Waals surface area contributed by atoms with Gasteiger partial charge in [-0.15, -0.1) is 0 Å². The van der Waals surface area contributed by atoms with Crippen LogP contribution in [0.4, 0.5) is 10.5 Å². The van der Waals surface area contributed by atoms with E-state index >= 15 is 0 Å². The van der Waals surface area contributed by atoms with Crippen LogP contribution in [0.5, 0.6) is 11.5 Å². The van der Waals surface area contributed by atoms with E-state index in [1.54, 1.807) is 37.3 Å². The summed E-state index contributed by atoms with van der Waals surface area (Å²) in [6.07, 6.45) is 2.68. The Morgan fingerprint density at radius 2 is 1.69 bits per heavy atom. The average molecular weight is 441 g/mol. The summed E-state index contributed by atoms with van der Waals surface area (Å²) < 4.78 is 16.0. The summed E-state index contributed by atoms with van der Waals surface area (Å²) in [5.41, 5.74) is 1.26. The zero-order valence-electron chi connectivity index (χ0n) is 19.1. The number of amides is 2. The average Bonchev–Trinajstić information content (AvgIpc) is 2.83. The molecule has 172 valence electrons. The van der Waals surface area contributed by atoms with E-state index in [1.165, 1.54) is 5.56 Å². The van der Waals surface area contributed by atoms with Crippen molar-refractivity contribution in [2.45, 2.75) is 32.6 Å². The molecule has 0 spiro atoms. The number of rotatable bonds is 8. The standard InChI is InChI=1S/C25H32N2O5/c1-4-32-23(28)25(13-12-19-8-6-5-7-9-19)14-16-27(17-15-25)24(29)26-20-10-11-21(30-2)22(18-20)31-3/h5-11,18H,4,12-17H2,1-3H3,(H,26,29). The molecule has 1 aliphatic heterocycles. The van der Waals surface area contributed by atoms with Gasteiger partial charge in [0.25, 0.3) is 0 Å². The molecule has 1 heterocycles. The van der Waals surface area contributed by atoms with Gasteiger partial charge in [0.05, 0.1) is 26.2 Å². The number of carbonyl (C=O) groups is 2. The highest BCUT2D eigenvalue weighted by Gasteiger charge is 2.43. The minimum absolute atomic E-state index is 0.157. The van der Waals surface area contributed by atoms with Crippen molar-refractivity contribution >= 4 is 17.7 Å². The lowest BCUT2D eigenvalue weighted by molar-refractivity contribution is -0.158. The van der Waals surface area contributed by atoms with E-state index in [-0.39, 0.29) is 12.0 Å². The highest BCUT2D eigenvalue weighted by Crippen LogP contribution is 2.38. The van der Waals surface area contributed by atoms with E-state index in [4.69, 9.17) is 14.2 Å². The fraction of sp³-hybridized carbons (Fsp3) is 0.440. The van der Waals surface area contributed by atoms with E-state index in [0.717, 1.165) is 6.42 Å². The zero-order valence-corrected chi connectivity index (χ0v) is 19.1. The Labute approximate surface area is 189 Å². The molecule has 0 aromatic heterocycles. The summed E-state index contributed by atoms with van der Waals surface area (Å²) in [5, 5.41) is 2.91. The van der Waals surface area contributed by atoms with Gasteiger partial charge < -0.3 is 24.4 Å². The van der Waals surface area contributed by atoms with Gasteiger partial charge in [-0.2, -0.15) is 0 Å². The van der Waals surface area contributed by atoms with Crippen LogP contribution in [0.2, 0.25) is 0 Å². The maximum Gasteiger partial charge on any atom is 0.321 e. The monoisotopic (exact) mass is 440 g/mol. The van der Waals surface area contributed by atoms with E-state index in [2.05, 4.69) is 17.4 Å². The third-order valence-electron chi connectivity index (χ3n) is 6.09. The van der Waals surface area contributed by atoms with Crippen molar-refractivity contribution in [1.29, 1.82) is 0 Å². The Bertz CT molecular complexity index is 908. The largest absolute Gasteiger partial charge is 0.493 e. The Morgan fingerprint density at radius 1 is 1.00 bits per heavy atom. The topological polar surface area (TPSA) is 77.1 Å². The molecule has 0 aliphatic carbocycles. The summed E-state index contributed by atoms with van der Waals surface area (Å²) >= 11 is 0. The highest BCUT2D eigenvalue weighted by atomic mass is 16.5. The Kier molecular flexibility index (Phi) is 7.98. The molecule has 2 amide bonds. The molecule has 2 aromatic carbocycles. The van der Waals surface area contributed by atoms with Gasteiger partial charge in [-0.1, -0.05) is 30.3 Å². The molecule has 1 saturated heterocycles. The number of hydrogen-bond donors (Lipinski definition) is 1. The van der Waals surface area contributed by atoms with Gasteiger partial charge in [0.2, 0.25) is 0 Å². The lowest BCUT2D eigenvalue weighted by Crippen LogP contribution is -2.48. The van der Waals surface area contributed by atoms with Crippen LogP contribution < -0.4 is 14.8 Å². The molecule has 0 unspecified atom stereocenters. The van der Waals surface area contributed by atoms with Crippen LogP contribution in [-0.4, -0.2) is 50.8 Å². The van der Waals surface area contributed by atoms with Crippen molar-refractivity contribution in [2.75, 3.05) is 39.2 Å². The van der Waals surface area contributed by atoms with Crippen LogP contribution in [0.1, 0.15) is 31.7 Å². The van der Waals surface area contributed by atoms with Crippen molar-refractivity contribution in [3.8, 4) is 11.5 Å². The first-order valence-electron chi connectivity index (χ1n) is 11.0. The first kappa shape index (κ1) is 23.4. The Morgan fingerprint density at radius 3 is 2.31 bits per heavy atom. The van der Waals surface area contributed by atoms with Crippen molar-refractivity contribution in [3.63, 3.8) is 0 Å². The molecule has 32 heavy (non-hydrogen) atoms. The van der Waals surface area contributed by atoms with Crippen molar-refractivity contribution in [1.82, 2.24) is 4.90 Å². The number of urea groups is 1. The number of hydrogen-bond acceptors (Lipinski definition) is 5. The quantitative estimate of drug-likeness (QED) is 0.611. The molecule has 0 bridgehead atoms. The molecule has 1 fully saturated rings. The van der Waals surface area contributed by atoms with Gasteiger partial charge in [-0.25, -0.2) is 4.79 Å². The minimum Gasteiger partial charge on any atom is -0.493 e. The summed E-state index contributed by atoms with van der Waals surface area (Å²) in [6, 6.07) is 15.2. The maximum absolute atomic E-state index is 12.9. The van der Waals surface area contributed by atoms with Crippen LogP contribution in [0.25, 0.3) is 0 Å². The van der Waals surface area contributed by atoms with Gasteiger partial charge in [-0.05, 0) is 50.3 Å². The fourth-order valence-electron chi connectivity index (χ4n) is 4.12. The molecule has 1 aliphatic rings. The number of carbonyl (C=O) groups excluding carboxylic acids is 2. The number of nitrogens with zero attached hydrogens (tertiary/aromatic N) is 1. The maximum atomic E-state index is 12.9. The number of esters is 1. The number of ether oxygens (including phenoxy) is 3. The second-order valence-electron chi connectivity index (χ2n) is 7.97. The van der Waals surface area contributed by atoms with Crippen LogP contribution in [0, 0.1) is 5.41 Å². The molecular weight excluding hydrogens is 408 g/mol. The minimum atomic E-state index is -0.564. The van der Waals surface area contributed by atoms with Crippen LogP contribution in [0.3, 0.4) is 0 Å². The number of aryl methyl sites for hydroxylation is 1. The predicted octanol–water partition coefficient (Wildman–Crippen LogP) is 4.51. The normalized spacial score (nSPS) is 15.0. The summed E-state index contributed by atoms with van der Waals surface area (Å²) in [7, 11) is 3.12. The van der Waals surface area contributed by atoms with Crippen LogP contribution in [0.15, 0.2) is 48.5 Å². The molecule has 0 saturated carbocycles. The second kappa shape index (κ2) is 10.9. The van der Waals surface area contributed by atoms with Gasteiger partial charge in [0, 0.05) is 24.8 Å². The second-order valence-corrected chi connectivity index (χ2v) is 7.97. The molecule has 3 rings (SSSR count). The van der Waals surface area contributed by atoms with Gasteiger partial charge in [0.1, 0.15) is 0 Å². The molecule has 7 heteroatoms. The first-order chi connectivity index (χ1) is 15.5. The van der Waals surface area contributed by atoms with E-state index in [9.17, 15) is 9.59 Å².